The van der Waals surface area contributed by atoms with Crippen molar-refractivity contribution in [2.24, 2.45) is 7.05 Å². The van der Waals surface area contributed by atoms with Gasteiger partial charge >= 0.3 is 5.97 Å². The minimum atomic E-state index is -0.410. The van der Waals surface area contributed by atoms with E-state index in [2.05, 4.69) is 21.0 Å². The van der Waals surface area contributed by atoms with Gasteiger partial charge in [0, 0.05) is 16.9 Å². The molecule has 0 aliphatic heterocycles. The lowest BCUT2D eigenvalue weighted by Gasteiger charge is -2.01. The Morgan fingerprint density at radius 2 is 2.19 bits per heavy atom. The van der Waals surface area contributed by atoms with E-state index in [4.69, 9.17) is 4.74 Å². The van der Waals surface area contributed by atoms with E-state index in [0.717, 1.165) is 20.9 Å². The number of fused-ring (bicyclic) bond motifs is 1. The minimum absolute atomic E-state index is 0.360. The van der Waals surface area contributed by atoms with Crippen molar-refractivity contribution in [3.05, 3.63) is 27.9 Å². The van der Waals surface area contributed by atoms with Gasteiger partial charge < -0.3 is 4.74 Å². The summed E-state index contributed by atoms with van der Waals surface area (Å²) in [5.41, 5.74) is 2.27. The number of carbonyl (C=O) groups excluding carboxylic acids is 1. The van der Waals surface area contributed by atoms with Crippen LogP contribution in [-0.4, -0.2) is 22.9 Å². The number of esters is 1. The average molecular weight is 283 g/mol. The maximum Gasteiger partial charge on any atom is 0.359 e. The predicted molar refractivity (Wildman–Crippen MR) is 64.5 cm³/mol. The number of aromatic nitrogens is 2. The van der Waals surface area contributed by atoms with E-state index in [1.54, 1.807) is 4.68 Å². The van der Waals surface area contributed by atoms with E-state index >= 15 is 0 Å². The van der Waals surface area contributed by atoms with Crippen molar-refractivity contribution in [3.63, 3.8) is 0 Å². The molecule has 2 rings (SSSR count). The highest BCUT2D eigenvalue weighted by molar-refractivity contribution is 9.10. The predicted octanol–water partition coefficient (Wildman–Crippen LogP) is 2.43. The Labute approximate surface area is 101 Å². The van der Waals surface area contributed by atoms with Crippen molar-refractivity contribution < 1.29 is 9.53 Å². The molecule has 0 bridgehead atoms. The second-order valence-electron chi connectivity index (χ2n) is 3.53. The van der Waals surface area contributed by atoms with Crippen LogP contribution in [0.15, 0.2) is 16.6 Å². The summed E-state index contributed by atoms with van der Waals surface area (Å²) < 4.78 is 7.36. The quantitative estimate of drug-likeness (QED) is 0.755. The molecule has 0 radical (unpaired) electrons. The summed E-state index contributed by atoms with van der Waals surface area (Å²) in [6.07, 6.45) is 0. The summed E-state index contributed by atoms with van der Waals surface area (Å²) in [6, 6.07) is 3.87. The average Bonchev–Trinajstić information content (AvgIpc) is 2.61. The first-order valence-electron chi connectivity index (χ1n) is 4.76. The lowest BCUT2D eigenvalue weighted by Crippen LogP contribution is -2.03. The van der Waals surface area contributed by atoms with Gasteiger partial charge in [0.2, 0.25) is 0 Å². The molecule has 0 saturated carbocycles. The highest BCUT2D eigenvalue weighted by Gasteiger charge is 2.18. The summed E-state index contributed by atoms with van der Waals surface area (Å²) in [7, 11) is 3.16. The Morgan fingerprint density at radius 1 is 1.50 bits per heavy atom. The standard InChI is InChI=1S/C11H11BrN2O2/c1-6-7(12)4-5-8-9(6)10(11(15)16-3)13-14(8)2/h4-5H,1-3H3. The Hall–Kier alpha value is -1.36. The van der Waals surface area contributed by atoms with Gasteiger partial charge in [-0.2, -0.15) is 5.10 Å². The maximum absolute atomic E-state index is 11.6. The zero-order valence-corrected chi connectivity index (χ0v) is 10.8. The fourth-order valence-corrected chi connectivity index (χ4v) is 2.06. The van der Waals surface area contributed by atoms with Gasteiger partial charge in [-0.1, -0.05) is 15.9 Å². The molecule has 1 heterocycles. The van der Waals surface area contributed by atoms with Crippen molar-refractivity contribution in [1.82, 2.24) is 9.78 Å². The fourth-order valence-electron chi connectivity index (χ4n) is 1.73. The van der Waals surface area contributed by atoms with Crippen LogP contribution in [0.2, 0.25) is 0 Å². The first kappa shape index (κ1) is 11.1. The number of hydrogen-bond donors (Lipinski definition) is 0. The number of rotatable bonds is 1. The molecule has 0 fully saturated rings. The van der Waals surface area contributed by atoms with Crippen LogP contribution in [0.4, 0.5) is 0 Å². The number of ether oxygens (including phenoxy) is 1. The number of aryl methyl sites for hydroxylation is 2. The third-order valence-corrected chi connectivity index (χ3v) is 3.45. The van der Waals surface area contributed by atoms with Crippen LogP contribution in [0, 0.1) is 6.92 Å². The molecule has 0 atom stereocenters. The molecule has 2 aromatic rings. The third kappa shape index (κ3) is 1.51. The molecule has 5 heteroatoms. The fraction of sp³-hybridized carbons (Fsp3) is 0.273. The van der Waals surface area contributed by atoms with Crippen LogP contribution in [0.25, 0.3) is 10.9 Å². The van der Waals surface area contributed by atoms with Gasteiger partial charge in [0.15, 0.2) is 5.69 Å². The van der Waals surface area contributed by atoms with Crippen molar-refractivity contribution in [3.8, 4) is 0 Å². The van der Waals surface area contributed by atoms with E-state index in [1.165, 1.54) is 7.11 Å². The number of methoxy groups -OCH3 is 1. The number of benzene rings is 1. The van der Waals surface area contributed by atoms with Crippen LogP contribution >= 0.6 is 15.9 Å². The lowest BCUT2D eigenvalue weighted by atomic mass is 10.1. The largest absolute Gasteiger partial charge is 0.464 e. The Balaban J connectivity index is 2.85. The van der Waals surface area contributed by atoms with Crippen molar-refractivity contribution in [1.29, 1.82) is 0 Å². The summed E-state index contributed by atoms with van der Waals surface area (Å²) in [5, 5.41) is 5.02. The normalized spacial score (nSPS) is 10.8. The molecular formula is C11H11BrN2O2. The molecule has 1 aromatic carbocycles. The van der Waals surface area contributed by atoms with Crippen LogP contribution in [0.5, 0.6) is 0 Å². The maximum atomic E-state index is 11.6. The highest BCUT2D eigenvalue weighted by atomic mass is 79.9. The first-order valence-corrected chi connectivity index (χ1v) is 5.55. The molecule has 0 amide bonds. The summed E-state index contributed by atoms with van der Waals surface area (Å²) in [6.45, 7) is 1.94. The van der Waals surface area contributed by atoms with Gasteiger partial charge in [0.1, 0.15) is 0 Å². The number of hydrogen-bond acceptors (Lipinski definition) is 3. The molecule has 16 heavy (non-hydrogen) atoms. The SMILES string of the molecule is COC(=O)c1nn(C)c2ccc(Br)c(C)c12. The van der Waals surface area contributed by atoms with Gasteiger partial charge in [-0.25, -0.2) is 4.79 Å². The van der Waals surface area contributed by atoms with Crippen LogP contribution < -0.4 is 0 Å². The van der Waals surface area contributed by atoms with E-state index in [9.17, 15) is 4.79 Å². The molecule has 0 aliphatic carbocycles. The van der Waals surface area contributed by atoms with Gasteiger partial charge in [0.05, 0.1) is 12.6 Å². The molecule has 84 valence electrons. The van der Waals surface area contributed by atoms with E-state index in [1.807, 2.05) is 26.1 Å². The molecule has 1 aromatic heterocycles. The van der Waals surface area contributed by atoms with Crippen LogP contribution in [-0.2, 0) is 11.8 Å². The van der Waals surface area contributed by atoms with Crippen molar-refractivity contribution in [2.75, 3.05) is 7.11 Å². The Morgan fingerprint density at radius 3 is 2.81 bits per heavy atom. The Bertz CT molecular complexity index is 575. The zero-order valence-electron chi connectivity index (χ0n) is 9.24. The second-order valence-corrected chi connectivity index (χ2v) is 4.38. The lowest BCUT2D eigenvalue weighted by molar-refractivity contribution is 0.0595. The first-order chi connectivity index (χ1) is 7.56. The molecule has 0 aliphatic rings. The monoisotopic (exact) mass is 282 g/mol. The van der Waals surface area contributed by atoms with E-state index in [-0.39, 0.29) is 0 Å². The smallest absolute Gasteiger partial charge is 0.359 e. The molecule has 0 saturated heterocycles. The molecular weight excluding hydrogens is 272 g/mol. The molecule has 4 nitrogen and oxygen atoms in total. The van der Waals surface area contributed by atoms with Gasteiger partial charge in [-0.3, -0.25) is 4.68 Å². The molecule has 0 unspecified atom stereocenters. The zero-order chi connectivity index (χ0) is 11.9. The number of halogens is 1. The second kappa shape index (κ2) is 3.90. The highest BCUT2D eigenvalue weighted by Crippen LogP contribution is 2.28. The van der Waals surface area contributed by atoms with E-state index in [0.29, 0.717) is 5.69 Å². The molecule has 0 spiro atoms. The number of carbonyl (C=O) groups is 1. The van der Waals surface area contributed by atoms with Gasteiger partial charge in [-0.05, 0) is 24.6 Å². The van der Waals surface area contributed by atoms with Crippen molar-refractivity contribution in [2.45, 2.75) is 6.92 Å². The summed E-state index contributed by atoms with van der Waals surface area (Å²) in [5.74, 6) is -0.410. The summed E-state index contributed by atoms with van der Waals surface area (Å²) in [4.78, 5) is 11.6. The molecule has 0 N–H and O–H groups in total. The summed E-state index contributed by atoms with van der Waals surface area (Å²) >= 11 is 3.44. The van der Waals surface area contributed by atoms with Crippen LogP contribution in [0.1, 0.15) is 16.1 Å². The Kier molecular flexibility index (Phi) is 2.71. The van der Waals surface area contributed by atoms with Gasteiger partial charge in [0.25, 0.3) is 0 Å². The van der Waals surface area contributed by atoms with Crippen LogP contribution in [0.3, 0.4) is 0 Å². The third-order valence-electron chi connectivity index (χ3n) is 2.59. The topological polar surface area (TPSA) is 44.1 Å². The minimum Gasteiger partial charge on any atom is -0.464 e. The van der Waals surface area contributed by atoms with Gasteiger partial charge in [-0.15, -0.1) is 0 Å². The number of nitrogens with zero attached hydrogens (tertiary/aromatic N) is 2. The van der Waals surface area contributed by atoms with E-state index < -0.39 is 5.97 Å². The van der Waals surface area contributed by atoms with Crippen molar-refractivity contribution >= 4 is 32.8 Å².